The number of nitrogens with zero attached hydrogens (tertiary/aromatic N) is 3. The van der Waals surface area contributed by atoms with E-state index in [-0.39, 0.29) is 11.8 Å². The molecular formula is C26H18N4O. The molecule has 3 aromatic carbocycles. The highest BCUT2D eigenvalue weighted by atomic mass is 16.5. The minimum absolute atomic E-state index is 0.187. The van der Waals surface area contributed by atoms with Crippen LogP contribution in [0.5, 0.6) is 0 Å². The first-order valence-corrected chi connectivity index (χ1v) is 9.95. The summed E-state index contributed by atoms with van der Waals surface area (Å²) in [5, 5.41) is 15.0. The molecule has 2 aromatic heterocycles. The maximum Gasteiger partial charge on any atom is 0.268 e. The van der Waals surface area contributed by atoms with Crippen LogP contribution < -0.4 is 0 Å². The van der Waals surface area contributed by atoms with Gasteiger partial charge in [-0.05, 0) is 23.3 Å². The maximum atomic E-state index is 9.78. The second-order valence-corrected chi connectivity index (χ2v) is 7.17. The Bertz CT molecular complexity index is 1350. The van der Waals surface area contributed by atoms with Crippen molar-refractivity contribution in [1.82, 2.24) is 15.1 Å². The van der Waals surface area contributed by atoms with Crippen molar-refractivity contribution >= 4 is 22.6 Å². The Labute approximate surface area is 179 Å². The van der Waals surface area contributed by atoms with E-state index in [1.54, 1.807) is 6.08 Å². The maximum absolute atomic E-state index is 9.78. The number of nitrogens with one attached hydrogen (secondary N) is 1. The Morgan fingerprint density at radius 2 is 1.55 bits per heavy atom. The number of aromatic nitrogens is 3. The minimum Gasteiger partial charge on any atom is -0.361 e. The summed E-state index contributed by atoms with van der Waals surface area (Å²) in [6.07, 6.45) is 3.65. The van der Waals surface area contributed by atoms with Gasteiger partial charge in [0.15, 0.2) is 5.82 Å². The summed E-state index contributed by atoms with van der Waals surface area (Å²) in [6, 6.07) is 30.2. The van der Waals surface area contributed by atoms with Crippen molar-refractivity contribution in [2.24, 2.45) is 0 Å². The molecule has 0 radical (unpaired) electrons. The Kier molecular flexibility index (Phi) is 4.88. The van der Waals surface area contributed by atoms with Gasteiger partial charge in [0, 0.05) is 22.7 Å². The van der Waals surface area contributed by atoms with E-state index in [2.05, 4.69) is 21.2 Å². The molecule has 0 aliphatic rings. The third-order valence-corrected chi connectivity index (χ3v) is 5.24. The van der Waals surface area contributed by atoms with E-state index < -0.39 is 0 Å². The molecular weight excluding hydrogens is 384 g/mol. The van der Waals surface area contributed by atoms with Crippen molar-refractivity contribution in [2.75, 3.05) is 0 Å². The molecule has 0 aliphatic carbocycles. The fourth-order valence-electron chi connectivity index (χ4n) is 3.75. The van der Waals surface area contributed by atoms with Gasteiger partial charge in [-0.3, -0.25) is 0 Å². The number of aromatic amines is 1. The molecule has 2 heterocycles. The van der Waals surface area contributed by atoms with Gasteiger partial charge in [0.2, 0.25) is 0 Å². The van der Waals surface area contributed by atoms with Gasteiger partial charge < -0.3 is 9.51 Å². The van der Waals surface area contributed by atoms with Crippen molar-refractivity contribution in [3.05, 3.63) is 120 Å². The zero-order valence-electron chi connectivity index (χ0n) is 16.6. The van der Waals surface area contributed by atoms with Crippen LogP contribution in [-0.2, 0) is 0 Å². The first kappa shape index (κ1) is 18.6. The lowest BCUT2D eigenvalue weighted by atomic mass is 9.91. The number of nitriles is 1. The van der Waals surface area contributed by atoms with E-state index in [0.717, 1.165) is 27.6 Å². The predicted molar refractivity (Wildman–Crippen MR) is 120 cm³/mol. The molecule has 0 bridgehead atoms. The number of fused-ring (bicyclic) bond motifs is 1. The normalized spacial score (nSPS) is 11.7. The smallest absolute Gasteiger partial charge is 0.268 e. The molecule has 0 saturated carbocycles. The average molecular weight is 402 g/mol. The summed E-state index contributed by atoms with van der Waals surface area (Å²) in [6.45, 7) is 0. The molecule has 0 saturated heterocycles. The summed E-state index contributed by atoms with van der Waals surface area (Å²) in [4.78, 5) is 7.83. The summed E-state index contributed by atoms with van der Waals surface area (Å²) >= 11 is 0. The van der Waals surface area contributed by atoms with E-state index in [1.165, 1.54) is 0 Å². The number of hydrogen-bond donors (Lipinski definition) is 1. The molecule has 31 heavy (non-hydrogen) atoms. The molecule has 5 aromatic rings. The van der Waals surface area contributed by atoms with Crippen molar-refractivity contribution in [1.29, 1.82) is 5.26 Å². The fraction of sp³-hybridized carbons (Fsp3) is 0.0385. The second kappa shape index (κ2) is 8.13. The van der Waals surface area contributed by atoms with E-state index in [4.69, 9.17) is 4.52 Å². The minimum atomic E-state index is -0.187. The van der Waals surface area contributed by atoms with Crippen molar-refractivity contribution in [2.45, 2.75) is 5.92 Å². The number of rotatable bonds is 5. The Balaban J connectivity index is 1.56. The Morgan fingerprint density at radius 1 is 0.903 bits per heavy atom. The van der Waals surface area contributed by atoms with Crippen LogP contribution in [0.2, 0.25) is 0 Å². The highest BCUT2D eigenvalue weighted by Gasteiger charge is 2.23. The van der Waals surface area contributed by atoms with Gasteiger partial charge >= 0.3 is 0 Å². The largest absolute Gasteiger partial charge is 0.361 e. The van der Waals surface area contributed by atoms with Crippen LogP contribution in [0.3, 0.4) is 0 Å². The van der Waals surface area contributed by atoms with E-state index >= 15 is 0 Å². The van der Waals surface area contributed by atoms with Crippen LogP contribution >= 0.6 is 0 Å². The summed E-state index contributed by atoms with van der Waals surface area (Å²) in [7, 11) is 0. The molecule has 148 valence electrons. The zero-order valence-corrected chi connectivity index (χ0v) is 16.6. The standard InChI is InChI=1S/C26H18N4O/c27-16-20(15-21-17-28-23-14-8-7-13-22(21)23)26-29-25(30-31-26)24(18-9-3-1-4-10-18)19-11-5-2-6-12-19/h1-15,17,24,28H/b20-15+. The molecule has 0 aliphatic heterocycles. The lowest BCUT2D eigenvalue weighted by Crippen LogP contribution is -2.05. The van der Waals surface area contributed by atoms with Gasteiger partial charge in [-0.2, -0.15) is 10.2 Å². The van der Waals surface area contributed by atoms with Gasteiger partial charge in [0.25, 0.3) is 5.89 Å². The molecule has 1 N–H and O–H groups in total. The molecule has 0 atom stereocenters. The third-order valence-electron chi connectivity index (χ3n) is 5.24. The van der Waals surface area contributed by atoms with Crippen molar-refractivity contribution in [3.8, 4) is 6.07 Å². The first-order valence-electron chi connectivity index (χ1n) is 9.95. The summed E-state index contributed by atoms with van der Waals surface area (Å²) in [5.41, 5.74) is 4.34. The van der Waals surface area contributed by atoms with Crippen molar-refractivity contribution in [3.63, 3.8) is 0 Å². The molecule has 0 unspecified atom stereocenters. The predicted octanol–water partition coefficient (Wildman–Crippen LogP) is 5.80. The fourth-order valence-corrected chi connectivity index (χ4v) is 3.75. The van der Waals surface area contributed by atoms with Crippen molar-refractivity contribution < 1.29 is 4.52 Å². The number of para-hydroxylation sites is 1. The van der Waals surface area contributed by atoms with Crippen LogP contribution in [0.25, 0.3) is 22.6 Å². The van der Waals surface area contributed by atoms with Crippen LogP contribution in [0.15, 0.2) is 95.6 Å². The summed E-state index contributed by atoms with van der Waals surface area (Å²) < 4.78 is 5.54. The highest BCUT2D eigenvalue weighted by Crippen LogP contribution is 2.31. The molecule has 0 spiro atoms. The highest BCUT2D eigenvalue weighted by molar-refractivity contribution is 5.96. The van der Waals surface area contributed by atoms with Crippen LogP contribution in [-0.4, -0.2) is 15.1 Å². The zero-order chi connectivity index (χ0) is 21.0. The lowest BCUT2D eigenvalue weighted by Gasteiger charge is -2.13. The first-order chi connectivity index (χ1) is 15.3. The van der Waals surface area contributed by atoms with Crippen LogP contribution in [0.4, 0.5) is 0 Å². The molecule has 5 nitrogen and oxygen atoms in total. The quantitative estimate of drug-likeness (QED) is 0.377. The molecule has 5 rings (SSSR count). The molecule has 0 amide bonds. The number of benzene rings is 3. The number of H-pyrrole nitrogens is 1. The lowest BCUT2D eigenvalue weighted by molar-refractivity contribution is 0.401. The van der Waals surface area contributed by atoms with Gasteiger partial charge in [-0.25, -0.2) is 0 Å². The second-order valence-electron chi connectivity index (χ2n) is 7.17. The number of allylic oxidation sites excluding steroid dienone is 1. The average Bonchev–Trinajstić information content (AvgIpc) is 3.47. The van der Waals surface area contributed by atoms with E-state index in [9.17, 15) is 5.26 Å². The van der Waals surface area contributed by atoms with Crippen LogP contribution in [0, 0.1) is 11.3 Å². The van der Waals surface area contributed by atoms with E-state index in [0.29, 0.717) is 11.4 Å². The molecule has 0 fully saturated rings. The monoisotopic (exact) mass is 402 g/mol. The SMILES string of the molecule is N#C/C(=C\c1c[nH]c2ccccc12)c1nc(C(c2ccccc2)c2ccccc2)no1. The number of hydrogen-bond acceptors (Lipinski definition) is 4. The molecule has 5 heteroatoms. The van der Waals surface area contributed by atoms with Gasteiger partial charge in [-0.1, -0.05) is 84.0 Å². The Morgan fingerprint density at radius 3 is 2.23 bits per heavy atom. The van der Waals surface area contributed by atoms with E-state index in [1.807, 2.05) is 91.1 Å². The topological polar surface area (TPSA) is 78.5 Å². The van der Waals surface area contributed by atoms with Crippen LogP contribution in [0.1, 0.15) is 34.3 Å². The van der Waals surface area contributed by atoms with Gasteiger partial charge in [-0.15, -0.1) is 0 Å². The van der Waals surface area contributed by atoms with Gasteiger partial charge in [0.05, 0.1) is 5.92 Å². The Hall–Kier alpha value is -4.43. The summed E-state index contributed by atoms with van der Waals surface area (Å²) in [5.74, 6) is 0.542. The van der Waals surface area contributed by atoms with Gasteiger partial charge in [0.1, 0.15) is 11.6 Å². The third kappa shape index (κ3) is 3.63.